The summed E-state index contributed by atoms with van der Waals surface area (Å²) < 4.78 is 41.6. The van der Waals surface area contributed by atoms with Gasteiger partial charge < -0.3 is 15.4 Å². The van der Waals surface area contributed by atoms with Crippen molar-refractivity contribution in [2.24, 2.45) is 4.99 Å². The summed E-state index contributed by atoms with van der Waals surface area (Å²) in [7, 11) is 0. The fourth-order valence-electron chi connectivity index (χ4n) is 3.05. The van der Waals surface area contributed by atoms with Crippen LogP contribution in [0.15, 0.2) is 53.5 Å². The van der Waals surface area contributed by atoms with E-state index in [2.05, 4.69) is 15.4 Å². The van der Waals surface area contributed by atoms with Gasteiger partial charge in [0, 0.05) is 25.6 Å². The Morgan fingerprint density at radius 3 is 2.75 bits per heavy atom. The fraction of sp³-hybridized carbons (Fsp3) is 0.300. The number of halogens is 3. The minimum absolute atomic E-state index is 0.174. The SMILES string of the molecule is CC(=O)NCCC(N=C1Cc2ccccc2N1)c1cccc(OC(F)(F)F)c1. The average molecular weight is 391 g/mol. The highest BCUT2D eigenvalue weighted by atomic mass is 19.4. The summed E-state index contributed by atoms with van der Waals surface area (Å²) >= 11 is 0. The van der Waals surface area contributed by atoms with Gasteiger partial charge in [-0.05, 0) is 35.7 Å². The average Bonchev–Trinajstić information content (AvgIpc) is 3.02. The van der Waals surface area contributed by atoms with Crippen LogP contribution in [0.5, 0.6) is 5.75 Å². The van der Waals surface area contributed by atoms with E-state index in [1.165, 1.54) is 25.1 Å². The number of nitrogens with one attached hydrogen (secondary N) is 2. The van der Waals surface area contributed by atoms with Gasteiger partial charge in [0.25, 0.3) is 0 Å². The number of carbonyl (C=O) groups excluding carboxylic acids is 1. The molecule has 1 atom stereocenters. The minimum atomic E-state index is -4.76. The third-order valence-corrected chi connectivity index (χ3v) is 4.23. The van der Waals surface area contributed by atoms with Gasteiger partial charge in [0.05, 0.1) is 6.04 Å². The number of aliphatic imine (C=N–C) groups is 1. The number of carbonyl (C=O) groups is 1. The molecule has 8 heteroatoms. The highest BCUT2D eigenvalue weighted by molar-refractivity contribution is 6.03. The Labute approximate surface area is 160 Å². The molecule has 1 heterocycles. The van der Waals surface area contributed by atoms with E-state index < -0.39 is 12.4 Å². The van der Waals surface area contributed by atoms with Gasteiger partial charge in [0.1, 0.15) is 11.6 Å². The van der Waals surface area contributed by atoms with Gasteiger partial charge in [-0.2, -0.15) is 0 Å². The highest BCUT2D eigenvalue weighted by Crippen LogP contribution is 2.30. The Morgan fingerprint density at radius 1 is 1.25 bits per heavy atom. The smallest absolute Gasteiger partial charge is 0.406 e. The number of hydrogen-bond donors (Lipinski definition) is 2. The molecule has 1 aliphatic heterocycles. The normalized spacial score (nSPS) is 15.6. The van der Waals surface area contributed by atoms with Crippen molar-refractivity contribution in [1.82, 2.24) is 5.32 Å². The summed E-state index contributed by atoms with van der Waals surface area (Å²) in [5.41, 5.74) is 2.66. The van der Waals surface area contributed by atoms with Crippen molar-refractivity contribution in [1.29, 1.82) is 0 Å². The third kappa shape index (κ3) is 5.48. The molecule has 2 N–H and O–H groups in total. The molecule has 0 bridgehead atoms. The van der Waals surface area contributed by atoms with Crippen molar-refractivity contribution in [3.05, 3.63) is 59.7 Å². The van der Waals surface area contributed by atoms with Crippen molar-refractivity contribution in [2.45, 2.75) is 32.2 Å². The maximum absolute atomic E-state index is 12.5. The predicted octanol–water partition coefficient (Wildman–Crippen LogP) is 4.22. The number of rotatable bonds is 6. The number of para-hydroxylation sites is 1. The van der Waals surface area contributed by atoms with Crippen LogP contribution in [0, 0.1) is 0 Å². The van der Waals surface area contributed by atoms with Gasteiger partial charge >= 0.3 is 6.36 Å². The van der Waals surface area contributed by atoms with Gasteiger partial charge in [0.15, 0.2) is 0 Å². The van der Waals surface area contributed by atoms with Crippen LogP contribution in [0.2, 0.25) is 0 Å². The molecule has 0 aliphatic carbocycles. The third-order valence-electron chi connectivity index (χ3n) is 4.23. The first kappa shape index (κ1) is 19.7. The quantitative estimate of drug-likeness (QED) is 0.775. The number of anilines is 1. The van der Waals surface area contributed by atoms with E-state index in [0.29, 0.717) is 24.9 Å². The Balaban J connectivity index is 1.82. The lowest BCUT2D eigenvalue weighted by atomic mass is 10.0. The Kier molecular flexibility index (Phi) is 5.87. The summed E-state index contributed by atoms with van der Waals surface area (Å²) in [4.78, 5) is 15.9. The zero-order valence-corrected chi connectivity index (χ0v) is 15.2. The maximum atomic E-state index is 12.5. The number of amidine groups is 1. The Hall–Kier alpha value is -3.03. The Morgan fingerprint density at radius 2 is 2.04 bits per heavy atom. The molecular weight excluding hydrogens is 371 g/mol. The lowest BCUT2D eigenvalue weighted by Gasteiger charge is -2.16. The van der Waals surface area contributed by atoms with E-state index >= 15 is 0 Å². The largest absolute Gasteiger partial charge is 0.573 e. The van der Waals surface area contributed by atoms with Crippen LogP contribution >= 0.6 is 0 Å². The van der Waals surface area contributed by atoms with Crippen LogP contribution < -0.4 is 15.4 Å². The number of ether oxygens (including phenoxy) is 1. The molecule has 1 unspecified atom stereocenters. The summed E-state index contributed by atoms with van der Waals surface area (Å²) in [5.74, 6) is 0.264. The fourth-order valence-corrected chi connectivity index (χ4v) is 3.05. The number of nitrogens with zero attached hydrogens (tertiary/aromatic N) is 1. The monoisotopic (exact) mass is 391 g/mol. The van der Waals surface area contributed by atoms with Gasteiger partial charge in [-0.15, -0.1) is 13.2 Å². The van der Waals surface area contributed by atoms with Crippen LogP contribution in [0.4, 0.5) is 18.9 Å². The first-order valence-corrected chi connectivity index (χ1v) is 8.82. The van der Waals surface area contributed by atoms with E-state index in [-0.39, 0.29) is 11.7 Å². The zero-order chi connectivity index (χ0) is 20.1. The molecule has 0 radical (unpaired) electrons. The molecule has 0 fully saturated rings. The van der Waals surface area contributed by atoms with Crippen molar-refractivity contribution in [3.63, 3.8) is 0 Å². The number of amides is 1. The van der Waals surface area contributed by atoms with Gasteiger partial charge in [-0.1, -0.05) is 30.3 Å². The molecule has 0 saturated heterocycles. The Bertz CT molecular complexity index is 854. The van der Waals surface area contributed by atoms with Crippen LogP contribution in [0.1, 0.15) is 30.5 Å². The lowest BCUT2D eigenvalue weighted by molar-refractivity contribution is -0.274. The molecule has 148 valence electrons. The number of benzene rings is 2. The molecule has 0 spiro atoms. The van der Waals surface area contributed by atoms with E-state index in [1.807, 2.05) is 24.3 Å². The highest BCUT2D eigenvalue weighted by Gasteiger charge is 2.31. The van der Waals surface area contributed by atoms with Crippen LogP contribution in [0.25, 0.3) is 0 Å². The van der Waals surface area contributed by atoms with Gasteiger partial charge in [0.2, 0.25) is 5.91 Å². The van der Waals surface area contributed by atoms with E-state index in [1.54, 1.807) is 6.07 Å². The molecule has 2 aromatic carbocycles. The first-order valence-electron chi connectivity index (χ1n) is 8.82. The van der Waals surface area contributed by atoms with Crippen LogP contribution in [-0.4, -0.2) is 24.6 Å². The van der Waals surface area contributed by atoms with E-state index in [4.69, 9.17) is 4.99 Å². The number of fused-ring (bicyclic) bond motifs is 1. The van der Waals surface area contributed by atoms with Crippen molar-refractivity contribution in [3.8, 4) is 5.75 Å². The minimum Gasteiger partial charge on any atom is -0.406 e. The van der Waals surface area contributed by atoms with Gasteiger partial charge in [-0.25, -0.2) is 0 Å². The molecule has 0 saturated carbocycles. The second-order valence-corrected chi connectivity index (χ2v) is 6.44. The molecular formula is C20H20F3N3O2. The summed E-state index contributed by atoms with van der Waals surface area (Å²) in [6.07, 6.45) is -3.70. The van der Waals surface area contributed by atoms with Crippen molar-refractivity contribution in [2.75, 3.05) is 11.9 Å². The van der Waals surface area contributed by atoms with E-state index in [9.17, 15) is 18.0 Å². The molecule has 5 nitrogen and oxygen atoms in total. The first-order chi connectivity index (χ1) is 13.3. The molecule has 1 amide bonds. The molecule has 0 aromatic heterocycles. The van der Waals surface area contributed by atoms with Gasteiger partial charge in [-0.3, -0.25) is 9.79 Å². The maximum Gasteiger partial charge on any atom is 0.573 e. The zero-order valence-electron chi connectivity index (χ0n) is 15.2. The summed E-state index contributed by atoms with van der Waals surface area (Å²) in [6, 6.07) is 13.2. The second kappa shape index (κ2) is 8.33. The van der Waals surface area contributed by atoms with Crippen molar-refractivity contribution < 1.29 is 22.7 Å². The topological polar surface area (TPSA) is 62.7 Å². The van der Waals surface area contributed by atoms with E-state index in [0.717, 1.165) is 17.1 Å². The number of hydrogen-bond acceptors (Lipinski definition) is 3. The molecule has 1 aliphatic rings. The summed E-state index contributed by atoms with van der Waals surface area (Å²) in [5, 5.41) is 5.94. The van der Waals surface area contributed by atoms with Crippen LogP contribution in [-0.2, 0) is 11.2 Å². The van der Waals surface area contributed by atoms with Crippen LogP contribution in [0.3, 0.4) is 0 Å². The molecule has 28 heavy (non-hydrogen) atoms. The number of alkyl halides is 3. The summed E-state index contributed by atoms with van der Waals surface area (Å²) in [6.45, 7) is 1.77. The standard InChI is InChI=1S/C20H20F3N3O2/c1-13(27)24-10-9-18(14-6-4-7-16(11-14)28-20(21,22)23)26-19-12-15-5-2-3-8-17(15)25-19/h2-8,11,18H,9-10,12H2,1H3,(H,24,27)(H,25,26). The van der Waals surface area contributed by atoms with Crippen molar-refractivity contribution >= 4 is 17.4 Å². The predicted molar refractivity (Wildman–Crippen MR) is 100 cm³/mol. The second-order valence-electron chi connectivity index (χ2n) is 6.44. The lowest BCUT2D eigenvalue weighted by Crippen LogP contribution is -2.23. The molecule has 2 aromatic rings. The molecule has 3 rings (SSSR count).